The SMILES string of the molecule is COCC(O)CN(C)CC(O)c1ccccc1N. The lowest BCUT2D eigenvalue weighted by Gasteiger charge is -2.23. The highest BCUT2D eigenvalue weighted by atomic mass is 16.5. The number of rotatable bonds is 7. The van der Waals surface area contributed by atoms with Crippen LogP contribution in [-0.2, 0) is 4.74 Å². The van der Waals surface area contributed by atoms with Gasteiger partial charge in [0.05, 0.1) is 18.8 Å². The molecule has 1 aromatic rings. The number of aliphatic hydroxyl groups is 2. The highest BCUT2D eigenvalue weighted by molar-refractivity contribution is 5.47. The summed E-state index contributed by atoms with van der Waals surface area (Å²) in [6.07, 6.45) is -1.22. The third-order valence-electron chi connectivity index (χ3n) is 2.72. The molecule has 0 aliphatic rings. The molecule has 0 aliphatic heterocycles. The summed E-state index contributed by atoms with van der Waals surface area (Å²) in [5.74, 6) is 0. The molecule has 18 heavy (non-hydrogen) atoms. The standard InChI is InChI=1S/C13H22N2O3/c1-15(7-10(16)9-18-2)8-13(17)11-5-3-4-6-12(11)14/h3-6,10,13,16-17H,7-9,14H2,1-2H3. The lowest BCUT2D eigenvalue weighted by Crippen LogP contribution is -2.34. The number of hydrogen-bond acceptors (Lipinski definition) is 5. The van der Waals surface area contributed by atoms with Crippen molar-refractivity contribution < 1.29 is 14.9 Å². The molecule has 1 aromatic carbocycles. The van der Waals surface area contributed by atoms with Crippen LogP contribution in [0.4, 0.5) is 5.69 Å². The van der Waals surface area contributed by atoms with Gasteiger partial charge in [-0.15, -0.1) is 0 Å². The van der Waals surface area contributed by atoms with Crippen LogP contribution in [0.3, 0.4) is 0 Å². The first-order chi connectivity index (χ1) is 8.54. The van der Waals surface area contributed by atoms with Gasteiger partial charge in [0.2, 0.25) is 0 Å². The van der Waals surface area contributed by atoms with Crippen LogP contribution in [0, 0.1) is 0 Å². The zero-order valence-electron chi connectivity index (χ0n) is 10.9. The quantitative estimate of drug-likeness (QED) is 0.608. The van der Waals surface area contributed by atoms with E-state index in [0.29, 0.717) is 24.3 Å². The van der Waals surface area contributed by atoms with Gasteiger partial charge in [0.15, 0.2) is 0 Å². The fraction of sp³-hybridized carbons (Fsp3) is 0.538. The van der Waals surface area contributed by atoms with E-state index < -0.39 is 12.2 Å². The normalized spacial score (nSPS) is 14.7. The van der Waals surface area contributed by atoms with Crippen LogP contribution in [-0.4, -0.2) is 55.1 Å². The number of para-hydroxylation sites is 1. The number of anilines is 1. The summed E-state index contributed by atoms with van der Waals surface area (Å²) in [6.45, 7) is 1.14. The molecule has 0 saturated heterocycles. The fourth-order valence-electron chi connectivity index (χ4n) is 1.89. The number of ether oxygens (including phenoxy) is 1. The van der Waals surface area contributed by atoms with Crippen molar-refractivity contribution in [1.29, 1.82) is 0 Å². The Balaban J connectivity index is 2.49. The maximum Gasteiger partial charge on any atom is 0.0936 e. The van der Waals surface area contributed by atoms with E-state index in [9.17, 15) is 10.2 Å². The summed E-state index contributed by atoms with van der Waals surface area (Å²) in [7, 11) is 3.38. The van der Waals surface area contributed by atoms with Crippen LogP contribution in [0.15, 0.2) is 24.3 Å². The second-order valence-electron chi connectivity index (χ2n) is 4.48. The average Bonchev–Trinajstić information content (AvgIpc) is 2.29. The Hall–Kier alpha value is -1.14. The lowest BCUT2D eigenvalue weighted by molar-refractivity contribution is 0.0319. The van der Waals surface area contributed by atoms with Gasteiger partial charge in [-0.1, -0.05) is 18.2 Å². The Bertz CT molecular complexity index is 360. The molecule has 1 rings (SSSR count). The first-order valence-corrected chi connectivity index (χ1v) is 5.92. The Labute approximate surface area is 108 Å². The summed E-state index contributed by atoms with van der Waals surface area (Å²) in [5.41, 5.74) is 7.09. The van der Waals surface area contributed by atoms with Crippen molar-refractivity contribution in [3.63, 3.8) is 0 Å². The van der Waals surface area contributed by atoms with Gasteiger partial charge in [-0.2, -0.15) is 0 Å². The lowest BCUT2D eigenvalue weighted by atomic mass is 10.1. The van der Waals surface area contributed by atoms with Gasteiger partial charge in [-0.05, 0) is 13.1 Å². The molecule has 0 fully saturated rings. The van der Waals surface area contributed by atoms with Crippen molar-refractivity contribution in [2.24, 2.45) is 0 Å². The van der Waals surface area contributed by atoms with E-state index in [1.54, 1.807) is 19.2 Å². The van der Waals surface area contributed by atoms with Crippen LogP contribution in [0.5, 0.6) is 0 Å². The second-order valence-corrected chi connectivity index (χ2v) is 4.48. The smallest absolute Gasteiger partial charge is 0.0936 e. The summed E-state index contributed by atoms with van der Waals surface area (Å²) in [4.78, 5) is 1.85. The Morgan fingerprint density at radius 1 is 1.28 bits per heavy atom. The maximum atomic E-state index is 10.1. The fourth-order valence-corrected chi connectivity index (χ4v) is 1.89. The summed E-state index contributed by atoms with van der Waals surface area (Å²) in [6, 6.07) is 7.24. The molecule has 5 heteroatoms. The molecule has 0 amide bonds. The van der Waals surface area contributed by atoms with Crippen LogP contribution in [0.2, 0.25) is 0 Å². The first kappa shape index (κ1) is 14.9. The van der Waals surface area contributed by atoms with Gasteiger partial charge in [0.1, 0.15) is 0 Å². The monoisotopic (exact) mass is 254 g/mol. The molecule has 0 heterocycles. The van der Waals surface area contributed by atoms with Gasteiger partial charge in [0, 0.05) is 31.5 Å². The number of benzene rings is 1. The molecule has 102 valence electrons. The summed E-state index contributed by atoms with van der Waals surface area (Å²) < 4.78 is 4.85. The topological polar surface area (TPSA) is 79.0 Å². The minimum Gasteiger partial charge on any atom is -0.398 e. The predicted octanol–water partition coefficient (Wildman–Crippen LogP) is 0.241. The van der Waals surface area contributed by atoms with E-state index in [1.807, 2.05) is 24.1 Å². The van der Waals surface area contributed by atoms with Crippen molar-refractivity contribution in [1.82, 2.24) is 4.90 Å². The molecular formula is C13H22N2O3. The Morgan fingerprint density at radius 3 is 2.56 bits per heavy atom. The summed E-state index contributed by atoms with van der Waals surface area (Å²) in [5, 5.41) is 19.7. The van der Waals surface area contributed by atoms with E-state index in [2.05, 4.69) is 0 Å². The van der Waals surface area contributed by atoms with Crippen LogP contribution in [0.1, 0.15) is 11.7 Å². The van der Waals surface area contributed by atoms with Crippen LogP contribution in [0.25, 0.3) is 0 Å². The third kappa shape index (κ3) is 4.62. The molecule has 0 aromatic heterocycles. The molecule has 4 N–H and O–H groups in total. The van der Waals surface area contributed by atoms with Crippen molar-refractivity contribution in [3.8, 4) is 0 Å². The predicted molar refractivity (Wildman–Crippen MR) is 71.2 cm³/mol. The minimum atomic E-state index is -0.661. The number of nitrogens with zero attached hydrogens (tertiary/aromatic N) is 1. The number of methoxy groups -OCH3 is 1. The molecule has 0 saturated carbocycles. The number of hydrogen-bond donors (Lipinski definition) is 3. The zero-order valence-corrected chi connectivity index (χ0v) is 10.9. The molecule has 2 atom stereocenters. The largest absolute Gasteiger partial charge is 0.398 e. The highest BCUT2D eigenvalue weighted by Gasteiger charge is 2.15. The second kappa shape index (κ2) is 7.33. The van der Waals surface area contributed by atoms with Crippen molar-refractivity contribution in [2.45, 2.75) is 12.2 Å². The van der Waals surface area contributed by atoms with Gasteiger partial charge in [0.25, 0.3) is 0 Å². The Kier molecular flexibility index (Phi) is 6.07. The van der Waals surface area contributed by atoms with E-state index in [0.717, 1.165) is 0 Å². The van der Waals surface area contributed by atoms with Crippen molar-refractivity contribution in [3.05, 3.63) is 29.8 Å². The van der Waals surface area contributed by atoms with Crippen LogP contribution < -0.4 is 5.73 Å². The Morgan fingerprint density at radius 2 is 1.94 bits per heavy atom. The van der Waals surface area contributed by atoms with E-state index in [4.69, 9.17) is 10.5 Å². The zero-order chi connectivity index (χ0) is 13.5. The van der Waals surface area contributed by atoms with Crippen LogP contribution >= 0.6 is 0 Å². The molecule has 0 spiro atoms. The van der Waals surface area contributed by atoms with E-state index in [1.165, 1.54) is 0 Å². The molecular weight excluding hydrogens is 232 g/mol. The number of aliphatic hydroxyl groups excluding tert-OH is 2. The molecule has 0 bridgehead atoms. The number of nitrogen functional groups attached to an aromatic ring is 1. The number of likely N-dealkylation sites (N-methyl/N-ethyl adjacent to an activating group) is 1. The van der Waals surface area contributed by atoms with Crippen molar-refractivity contribution in [2.75, 3.05) is 39.6 Å². The van der Waals surface area contributed by atoms with Gasteiger partial charge >= 0.3 is 0 Å². The van der Waals surface area contributed by atoms with Gasteiger partial charge in [-0.3, -0.25) is 0 Å². The number of nitrogens with two attached hydrogens (primary N) is 1. The van der Waals surface area contributed by atoms with E-state index in [-0.39, 0.29) is 6.61 Å². The third-order valence-corrected chi connectivity index (χ3v) is 2.72. The average molecular weight is 254 g/mol. The van der Waals surface area contributed by atoms with Gasteiger partial charge < -0.3 is 25.6 Å². The molecule has 2 unspecified atom stereocenters. The first-order valence-electron chi connectivity index (χ1n) is 5.92. The molecule has 0 radical (unpaired) electrons. The maximum absolute atomic E-state index is 10.1. The summed E-state index contributed by atoms with van der Waals surface area (Å²) >= 11 is 0. The molecule has 5 nitrogen and oxygen atoms in total. The minimum absolute atomic E-state index is 0.286. The highest BCUT2D eigenvalue weighted by Crippen LogP contribution is 2.20. The van der Waals surface area contributed by atoms with Crippen molar-refractivity contribution >= 4 is 5.69 Å². The van der Waals surface area contributed by atoms with E-state index >= 15 is 0 Å². The van der Waals surface area contributed by atoms with Gasteiger partial charge in [-0.25, -0.2) is 0 Å². The molecule has 0 aliphatic carbocycles.